The highest BCUT2D eigenvalue weighted by atomic mass is 16.3. The molecule has 0 saturated carbocycles. The van der Waals surface area contributed by atoms with Crippen molar-refractivity contribution in [1.82, 2.24) is 14.6 Å². The van der Waals surface area contributed by atoms with Crippen LogP contribution in [-0.2, 0) is 6.61 Å². The normalized spacial score (nSPS) is 11.3. The number of pyridine rings is 1. The summed E-state index contributed by atoms with van der Waals surface area (Å²) in [4.78, 5) is 11.6. The molecule has 3 aromatic heterocycles. The summed E-state index contributed by atoms with van der Waals surface area (Å²) in [5.74, 6) is 0. The van der Waals surface area contributed by atoms with Gasteiger partial charge in [0.05, 0.1) is 17.5 Å². The molecule has 0 unspecified atom stereocenters. The molecule has 0 fully saturated rings. The van der Waals surface area contributed by atoms with Gasteiger partial charge in [-0.1, -0.05) is 6.07 Å². The highest BCUT2D eigenvalue weighted by molar-refractivity contribution is 5.87. The predicted octanol–water partition coefficient (Wildman–Crippen LogP) is 0.668. The van der Waals surface area contributed by atoms with E-state index in [0.717, 1.165) is 5.52 Å². The molecule has 0 spiro atoms. The van der Waals surface area contributed by atoms with Crippen molar-refractivity contribution in [2.24, 2.45) is 0 Å². The predicted molar refractivity (Wildman–Crippen MR) is 59.2 cm³/mol. The summed E-state index contributed by atoms with van der Waals surface area (Å²) in [5.41, 5.74) is 1.81. The van der Waals surface area contributed by atoms with Gasteiger partial charge in [-0.15, -0.1) is 0 Å². The minimum absolute atomic E-state index is 0.200. The van der Waals surface area contributed by atoms with Crippen LogP contribution >= 0.6 is 0 Å². The Hall–Kier alpha value is -2.14. The molecule has 5 heteroatoms. The van der Waals surface area contributed by atoms with Gasteiger partial charge in [-0.2, -0.15) is 5.10 Å². The third-order valence-electron chi connectivity index (χ3n) is 2.64. The Morgan fingerprint density at radius 2 is 2.31 bits per heavy atom. The van der Waals surface area contributed by atoms with E-state index in [0.29, 0.717) is 16.6 Å². The largest absolute Gasteiger partial charge is 0.390 e. The molecular weight excluding hydrogens is 206 g/mol. The lowest BCUT2D eigenvalue weighted by Gasteiger charge is -2.00. The quantitative estimate of drug-likeness (QED) is 0.626. The molecule has 16 heavy (non-hydrogen) atoms. The van der Waals surface area contributed by atoms with Crippen molar-refractivity contribution >= 4 is 16.4 Å². The maximum absolute atomic E-state index is 11.6. The molecule has 0 radical (unpaired) electrons. The summed E-state index contributed by atoms with van der Waals surface area (Å²) in [5, 5.41) is 16.0. The summed E-state index contributed by atoms with van der Waals surface area (Å²) in [6.45, 7) is -0.200. The molecule has 3 aromatic rings. The summed E-state index contributed by atoms with van der Waals surface area (Å²) < 4.78 is 1.85. The van der Waals surface area contributed by atoms with Crippen LogP contribution in [0.25, 0.3) is 16.4 Å². The Balaban J connectivity index is 2.64. The van der Waals surface area contributed by atoms with Gasteiger partial charge < -0.3 is 9.51 Å². The summed E-state index contributed by atoms with van der Waals surface area (Å²) >= 11 is 0. The average molecular weight is 215 g/mol. The topological polar surface area (TPSA) is 70.4 Å². The first-order valence-corrected chi connectivity index (χ1v) is 4.89. The van der Waals surface area contributed by atoms with Crippen molar-refractivity contribution in [1.29, 1.82) is 0 Å². The lowest BCUT2D eigenvalue weighted by atomic mass is 10.3. The van der Waals surface area contributed by atoms with Crippen molar-refractivity contribution < 1.29 is 5.11 Å². The second kappa shape index (κ2) is 3.18. The van der Waals surface area contributed by atoms with Gasteiger partial charge in [-0.3, -0.25) is 4.79 Å². The van der Waals surface area contributed by atoms with Gasteiger partial charge >= 0.3 is 0 Å². The number of nitrogens with zero attached hydrogens (tertiary/aromatic N) is 2. The standard InChI is InChI=1S/C11H9N3O2/c15-6-9-10-8(11(16)13-12-9)5-7-3-1-2-4-14(7)10/h1-5,15H,6H2,(H,13,16). The van der Waals surface area contributed by atoms with Crippen LogP contribution in [0.1, 0.15) is 5.69 Å². The maximum Gasteiger partial charge on any atom is 0.273 e. The summed E-state index contributed by atoms with van der Waals surface area (Å²) in [6, 6.07) is 7.46. The maximum atomic E-state index is 11.6. The fraction of sp³-hybridized carbons (Fsp3) is 0.0909. The fourth-order valence-electron chi connectivity index (χ4n) is 1.93. The minimum Gasteiger partial charge on any atom is -0.390 e. The molecule has 2 N–H and O–H groups in total. The van der Waals surface area contributed by atoms with Gasteiger partial charge in [0.2, 0.25) is 0 Å². The van der Waals surface area contributed by atoms with Gasteiger partial charge in [-0.25, -0.2) is 5.10 Å². The lowest BCUT2D eigenvalue weighted by Crippen LogP contribution is -2.10. The van der Waals surface area contributed by atoms with Crippen LogP contribution in [0.3, 0.4) is 0 Å². The van der Waals surface area contributed by atoms with E-state index in [1.54, 1.807) is 6.07 Å². The zero-order chi connectivity index (χ0) is 11.1. The molecule has 0 atom stereocenters. The smallest absolute Gasteiger partial charge is 0.273 e. The van der Waals surface area contributed by atoms with Crippen LogP contribution in [0.15, 0.2) is 35.3 Å². The molecule has 0 aliphatic heterocycles. The Morgan fingerprint density at radius 1 is 1.44 bits per heavy atom. The molecule has 3 rings (SSSR count). The molecule has 0 bridgehead atoms. The van der Waals surface area contributed by atoms with E-state index in [4.69, 9.17) is 0 Å². The zero-order valence-electron chi connectivity index (χ0n) is 8.34. The first-order valence-electron chi connectivity index (χ1n) is 4.89. The number of aliphatic hydroxyl groups is 1. The number of H-pyrrole nitrogens is 1. The summed E-state index contributed by atoms with van der Waals surface area (Å²) in [7, 11) is 0. The van der Waals surface area contributed by atoms with Crippen LogP contribution in [0.2, 0.25) is 0 Å². The van der Waals surface area contributed by atoms with E-state index in [9.17, 15) is 9.90 Å². The molecule has 0 aliphatic rings. The minimum atomic E-state index is -0.240. The Morgan fingerprint density at radius 3 is 3.12 bits per heavy atom. The van der Waals surface area contributed by atoms with Crippen LogP contribution in [0, 0.1) is 0 Å². The molecule has 0 amide bonds. The van der Waals surface area contributed by atoms with Crippen molar-refractivity contribution in [3.8, 4) is 0 Å². The number of hydrogen-bond acceptors (Lipinski definition) is 3. The van der Waals surface area contributed by atoms with Gasteiger partial charge in [-0.05, 0) is 18.2 Å². The van der Waals surface area contributed by atoms with Crippen molar-refractivity contribution in [2.75, 3.05) is 0 Å². The van der Waals surface area contributed by atoms with Gasteiger partial charge in [0.1, 0.15) is 5.69 Å². The Bertz CT molecular complexity index is 727. The van der Waals surface area contributed by atoms with Crippen LogP contribution in [0.5, 0.6) is 0 Å². The second-order valence-electron chi connectivity index (χ2n) is 3.56. The lowest BCUT2D eigenvalue weighted by molar-refractivity contribution is 0.277. The molecular formula is C11H9N3O2. The zero-order valence-corrected chi connectivity index (χ0v) is 8.34. The van der Waals surface area contributed by atoms with E-state index in [-0.39, 0.29) is 12.2 Å². The molecule has 3 heterocycles. The van der Waals surface area contributed by atoms with Gasteiger partial charge in [0.15, 0.2) is 0 Å². The van der Waals surface area contributed by atoms with E-state index < -0.39 is 0 Å². The number of aromatic amines is 1. The van der Waals surface area contributed by atoms with Gasteiger partial charge in [0, 0.05) is 11.7 Å². The number of fused-ring (bicyclic) bond motifs is 3. The Labute approximate surface area is 90.0 Å². The number of aromatic nitrogens is 3. The first-order chi connectivity index (χ1) is 7.81. The van der Waals surface area contributed by atoms with Crippen LogP contribution in [-0.4, -0.2) is 19.7 Å². The molecule has 0 aromatic carbocycles. The monoisotopic (exact) mass is 215 g/mol. The average Bonchev–Trinajstić information content (AvgIpc) is 2.70. The van der Waals surface area contributed by atoms with E-state index in [2.05, 4.69) is 10.2 Å². The highest BCUT2D eigenvalue weighted by Crippen LogP contribution is 2.18. The highest BCUT2D eigenvalue weighted by Gasteiger charge is 2.10. The number of nitrogens with one attached hydrogen (secondary N) is 1. The molecule has 5 nitrogen and oxygen atoms in total. The van der Waals surface area contributed by atoms with Crippen molar-refractivity contribution in [3.63, 3.8) is 0 Å². The third-order valence-corrected chi connectivity index (χ3v) is 2.64. The second-order valence-corrected chi connectivity index (χ2v) is 3.56. The number of rotatable bonds is 1. The van der Waals surface area contributed by atoms with E-state index >= 15 is 0 Å². The van der Waals surface area contributed by atoms with Crippen LogP contribution in [0.4, 0.5) is 0 Å². The third kappa shape index (κ3) is 1.09. The Kier molecular flexibility index (Phi) is 1.81. The van der Waals surface area contributed by atoms with E-state index in [1.165, 1.54) is 0 Å². The van der Waals surface area contributed by atoms with Crippen LogP contribution < -0.4 is 5.56 Å². The van der Waals surface area contributed by atoms with Crippen molar-refractivity contribution in [2.45, 2.75) is 6.61 Å². The molecule has 80 valence electrons. The SMILES string of the molecule is O=c1[nH]nc(CO)c2c1cc1ccccn12. The van der Waals surface area contributed by atoms with Crippen molar-refractivity contribution in [3.05, 3.63) is 46.5 Å². The van der Waals surface area contributed by atoms with Gasteiger partial charge in [0.25, 0.3) is 5.56 Å². The van der Waals surface area contributed by atoms with E-state index in [1.807, 2.05) is 28.8 Å². The summed E-state index contributed by atoms with van der Waals surface area (Å²) in [6.07, 6.45) is 1.85. The fourth-order valence-corrected chi connectivity index (χ4v) is 1.93. The first kappa shape index (κ1) is 9.11. The molecule has 0 saturated heterocycles. The number of aliphatic hydroxyl groups excluding tert-OH is 1. The number of hydrogen-bond donors (Lipinski definition) is 2. The molecule has 0 aliphatic carbocycles.